The zero-order valence-corrected chi connectivity index (χ0v) is 12.5. The number of hydrogen-bond donors (Lipinski definition) is 2. The summed E-state index contributed by atoms with van der Waals surface area (Å²) >= 11 is 5.39. The van der Waals surface area contributed by atoms with Crippen molar-refractivity contribution in [1.29, 1.82) is 0 Å². The molecule has 0 radical (unpaired) electrons. The van der Waals surface area contributed by atoms with Gasteiger partial charge >= 0.3 is 0 Å². The lowest BCUT2D eigenvalue weighted by Gasteiger charge is -2.26. The normalized spacial score (nSPS) is 22.5. The molecule has 1 atom stereocenters. The molecule has 2 N–H and O–H groups in total. The second-order valence-corrected chi connectivity index (χ2v) is 5.29. The standard InChI is InChI=1S/C14H21N3OS/c1-4-5-9-17-13(19)15-14(2,16-17)11-7-6-8-12(10-11)18-3/h6-8,10,16H,4-5,9H2,1-3H3,(H,15,19)/t14-/m0/s1. The predicted molar refractivity (Wildman–Crippen MR) is 80.8 cm³/mol. The van der Waals surface area contributed by atoms with Gasteiger partial charge in [0.05, 0.1) is 7.11 Å². The van der Waals surface area contributed by atoms with Gasteiger partial charge in [0.25, 0.3) is 0 Å². The summed E-state index contributed by atoms with van der Waals surface area (Å²) in [7, 11) is 1.68. The van der Waals surface area contributed by atoms with Crippen molar-refractivity contribution in [3.05, 3.63) is 29.8 Å². The van der Waals surface area contributed by atoms with Crippen molar-refractivity contribution in [2.24, 2.45) is 0 Å². The van der Waals surface area contributed by atoms with Crippen LogP contribution in [0.1, 0.15) is 32.3 Å². The van der Waals surface area contributed by atoms with E-state index in [1.807, 2.05) is 23.2 Å². The minimum absolute atomic E-state index is 0.376. The average Bonchev–Trinajstić information content (AvgIpc) is 2.72. The van der Waals surface area contributed by atoms with Gasteiger partial charge in [0.15, 0.2) is 5.11 Å². The molecule has 5 heteroatoms. The quantitative estimate of drug-likeness (QED) is 0.809. The highest BCUT2D eigenvalue weighted by molar-refractivity contribution is 7.80. The van der Waals surface area contributed by atoms with E-state index in [4.69, 9.17) is 17.0 Å². The molecule has 0 saturated carbocycles. The van der Waals surface area contributed by atoms with E-state index >= 15 is 0 Å². The fraction of sp³-hybridized carbons (Fsp3) is 0.500. The van der Waals surface area contributed by atoms with Gasteiger partial charge in [0, 0.05) is 6.54 Å². The molecule has 0 spiro atoms. The molecule has 0 unspecified atom stereocenters. The Balaban J connectivity index is 2.17. The first-order valence-electron chi connectivity index (χ1n) is 6.61. The van der Waals surface area contributed by atoms with Crippen LogP contribution in [0.2, 0.25) is 0 Å². The van der Waals surface area contributed by atoms with Crippen LogP contribution in [-0.2, 0) is 5.66 Å². The molecule has 0 aliphatic carbocycles. The van der Waals surface area contributed by atoms with Gasteiger partial charge < -0.3 is 10.1 Å². The van der Waals surface area contributed by atoms with E-state index in [0.29, 0.717) is 0 Å². The Labute approximate surface area is 120 Å². The molecule has 2 rings (SSSR count). The SMILES string of the molecule is CCCCN1N[C@@](C)(c2cccc(OC)c2)NC1=S. The van der Waals surface area contributed by atoms with Crippen molar-refractivity contribution in [2.75, 3.05) is 13.7 Å². The second-order valence-electron chi connectivity index (χ2n) is 4.90. The smallest absolute Gasteiger partial charge is 0.185 e. The van der Waals surface area contributed by atoms with Gasteiger partial charge in [-0.15, -0.1) is 0 Å². The van der Waals surface area contributed by atoms with E-state index in [0.717, 1.165) is 35.8 Å². The number of nitrogens with one attached hydrogen (secondary N) is 2. The highest BCUT2D eigenvalue weighted by atomic mass is 32.1. The van der Waals surface area contributed by atoms with E-state index < -0.39 is 0 Å². The second kappa shape index (κ2) is 5.75. The Hall–Kier alpha value is -1.33. The Kier molecular flexibility index (Phi) is 4.27. The van der Waals surface area contributed by atoms with E-state index in [2.05, 4.69) is 30.7 Å². The molecule has 1 aromatic rings. The summed E-state index contributed by atoms with van der Waals surface area (Å²) in [5.74, 6) is 0.847. The third kappa shape index (κ3) is 2.98. The fourth-order valence-corrected chi connectivity index (χ4v) is 2.52. The maximum Gasteiger partial charge on any atom is 0.185 e. The van der Waals surface area contributed by atoms with Gasteiger partial charge in [-0.25, -0.2) is 5.43 Å². The lowest BCUT2D eigenvalue weighted by molar-refractivity contribution is 0.232. The molecule has 0 amide bonds. The molecule has 1 aliphatic rings. The molecule has 0 aromatic heterocycles. The Morgan fingerprint density at radius 2 is 2.21 bits per heavy atom. The molecule has 1 heterocycles. The molecule has 104 valence electrons. The van der Waals surface area contributed by atoms with Gasteiger partial charge in [0.1, 0.15) is 11.4 Å². The first kappa shape index (κ1) is 14.1. The van der Waals surface area contributed by atoms with Crippen LogP contribution in [0.15, 0.2) is 24.3 Å². The number of benzene rings is 1. The topological polar surface area (TPSA) is 36.5 Å². The summed E-state index contributed by atoms with van der Waals surface area (Å²) in [6, 6.07) is 8.01. The number of hydrogen-bond acceptors (Lipinski definition) is 3. The molecule has 1 fully saturated rings. The molecular formula is C14H21N3OS. The van der Waals surface area contributed by atoms with Crippen molar-refractivity contribution in [3.8, 4) is 5.75 Å². The molecular weight excluding hydrogens is 258 g/mol. The van der Waals surface area contributed by atoms with Crippen LogP contribution in [0.5, 0.6) is 5.75 Å². The number of hydrazine groups is 1. The first-order valence-corrected chi connectivity index (χ1v) is 7.02. The zero-order chi connectivity index (χ0) is 13.9. The number of rotatable bonds is 5. The lowest BCUT2D eigenvalue weighted by Crippen LogP contribution is -2.45. The van der Waals surface area contributed by atoms with Crippen LogP contribution in [-0.4, -0.2) is 23.8 Å². The van der Waals surface area contributed by atoms with E-state index in [9.17, 15) is 0 Å². The van der Waals surface area contributed by atoms with E-state index in [1.165, 1.54) is 0 Å². The van der Waals surface area contributed by atoms with Crippen molar-refractivity contribution < 1.29 is 4.74 Å². The van der Waals surface area contributed by atoms with Crippen LogP contribution >= 0.6 is 12.2 Å². The van der Waals surface area contributed by atoms with Gasteiger partial charge in [-0.3, -0.25) is 5.01 Å². The minimum atomic E-state index is -0.376. The van der Waals surface area contributed by atoms with Gasteiger partial charge in [0.2, 0.25) is 0 Å². The summed E-state index contributed by atoms with van der Waals surface area (Å²) in [6.45, 7) is 5.18. The van der Waals surface area contributed by atoms with E-state index in [-0.39, 0.29) is 5.66 Å². The van der Waals surface area contributed by atoms with Crippen molar-refractivity contribution in [2.45, 2.75) is 32.4 Å². The minimum Gasteiger partial charge on any atom is -0.497 e. The third-order valence-electron chi connectivity index (χ3n) is 3.34. The maximum absolute atomic E-state index is 5.39. The van der Waals surface area contributed by atoms with Crippen LogP contribution in [0.3, 0.4) is 0 Å². The number of nitrogens with zero attached hydrogens (tertiary/aromatic N) is 1. The van der Waals surface area contributed by atoms with Crippen LogP contribution < -0.4 is 15.5 Å². The lowest BCUT2D eigenvalue weighted by atomic mass is 10.0. The summed E-state index contributed by atoms with van der Waals surface area (Å²) in [4.78, 5) is 0. The van der Waals surface area contributed by atoms with Crippen molar-refractivity contribution in [3.63, 3.8) is 0 Å². The predicted octanol–water partition coefficient (Wildman–Crippen LogP) is 2.36. The molecule has 1 saturated heterocycles. The third-order valence-corrected chi connectivity index (χ3v) is 3.67. The van der Waals surface area contributed by atoms with Gasteiger partial charge in [-0.1, -0.05) is 25.5 Å². The number of thiocarbonyl (C=S) groups is 1. The highest BCUT2D eigenvalue weighted by Gasteiger charge is 2.37. The summed E-state index contributed by atoms with van der Waals surface area (Å²) < 4.78 is 5.28. The zero-order valence-electron chi connectivity index (χ0n) is 11.7. The molecule has 4 nitrogen and oxygen atoms in total. The Morgan fingerprint density at radius 1 is 1.42 bits per heavy atom. The summed E-state index contributed by atoms with van der Waals surface area (Å²) in [5, 5.41) is 6.11. The number of ether oxygens (including phenoxy) is 1. The average molecular weight is 279 g/mol. The van der Waals surface area contributed by atoms with Crippen molar-refractivity contribution >= 4 is 17.3 Å². The maximum atomic E-state index is 5.39. The summed E-state index contributed by atoms with van der Waals surface area (Å²) in [5.41, 5.74) is 4.17. The largest absolute Gasteiger partial charge is 0.497 e. The van der Waals surface area contributed by atoms with Crippen LogP contribution in [0.4, 0.5) is 0 Å². The molecule has 0 bridgehead atoms. The number of methoxy groups -OCH3 is 1. The fourth-order valence-electron chi connectivity index (χ4n) is 2.17. The van der Waals surface area contributed by atoms with Gasteiger partial charge in [-0.05, 0) is 43.3 Å². The first-order chi connectivity index (χ1) is 9.09. The molecule has 1 aromatic carbocycles. The van der Waals surface area contributed by atoms with Crippen molar-refractivity contribution in [1.82, 2.24) is 15.8 Å². The number of unbranched alkanes of at least 4 members (excludes halogenated alkanes) is 1. The van der Waals surface area contributed by atoms with Crippen LogP contribution in [0.25, 0.3) is 0 Å². The molecule has 19 heavy (non-hydrogen) atoms. The van der Waals surface area contributed by atoms with Gasteiger partial charge in [-0.2, -0.15) is 0 Å². The van der Waals surface area contributed by atoms with E-state index in [1.54, 1.807) is 7.11 Å². The monoisotopic (exact) mass is 279 g/mol. The Bertz CT molecular complexity index is 466. The Morgan fingerprint density at radius 3 is 2.89 bits per heavy atom. The highest BCUT2D eigenvalue weighted by Crippen LogP contribution is 2.26. The van der Waals surface area contributed by atoms with Crippen LogP contribution in [0, 0.1) is 0 Å². The molecule has 1 aliphatic heterocycles. The summed E-state index contributed by atoms with van der Waals surface area (Å²) in [6.07, 6.45) is 2.26.